The van der Waals surface area contributed by atoms with Gasteiger partial charge in [-0.3, -0.25) is 5.43 Å². The lowest BCUT2D eigenvalue weighted by Gasteiger charge is -2.44. The third-order valence-electron chi connectivity index (χ3n) is 2.86. The summed E-state index contributed by atoms with van der Waals surface area (Å²) in [5, 5.41) is 5.96. The lowest BCUT2D eigenvalue weighted by molar-refractivity contribution is 0.0575. The second-order valence-electron chi connectivity index (χ2n) is 4.79. The zero-order chi connectivity index (χ0) is 10.6. The molecule has 0 aliphatic carbocycles. The summed E-state index contributed by atoms with van der Waals surface area (Å²) >= 11 is 0. The number of hydrazine groups is 1. The molecule has 0 aromatic carbocycles. The number of likely N-dealkylation sites (N-methyl/N-ethyl adjacent to an activating group) is 1. The molecule has 2 N–H and O–H groups in total. The second-order valence-corrected chi connectivity index (χ2v) is 4.79. The van der Waals surface area contributed by atoms with E-state index in [0.29, 0.717) is 0 Å². The van der Waals surface area contributed by atoms with Crippen molar-refractivity contribution in [3.05, 3.63) is 0 Å². The predicted octanol–water partition coefficient (Wildman–Crippen LogP) is 1.22. The SMILES string of the molecule is CCNN1C[C@@H](C)CC(C)(NCC)C1. The van der Waals surface area contributed by atoms with Gasteiger partial charge < -0.3 is 5.32 Å². The first kappa shape index (κ1) is 12.0. The summed E-state index contributed by atoms with van der Waals surface area (Å²) in [4.78, 5) is 0. The van der Waals surface area contributed by atoms with Crippen LogP contribution in [0.1, 0.15) is 34.1 Å². The number of nitrogens with one attached hydrogen (secondary N) is 2. The Balaban J connectivity index is 2.52. The summed E-state index contributed by atoms with van der Waals surface area (Å²) in [6.45, 7) is 13.4. The van der Waals surface area contributed by atoms with Crippen LogP contribution in [0, 0.1) is 5.92 Å². The van der Waals surface area contributed by atoms with Crippen LogP contribution in [-0.4, -0.2) is 36.7 Å². The lowest BCUT2D eigenvalue weighted by Crippen LogP contribution is -2.60. The van der Waals surface area contributed by atoms with Crippen LogP contribution in [-0.2, 0) is 0 Å². The van der Waals surface area contributed by atoms with Crippen molar-refractivity contribution in [1.82, 2.24) is 15.8 Å². The van der Waals surface area contributed by atoms with Gasteiger partial charge in [-0.25, -0.2) is 5.01 Å². The van der Waals surface area contributed by atoms with Crippen LogP contribution >= 0.6 is 0 Å². The first-order valence-corrected chi connectivity index (χ1v) is 5.83. The highest BCUT2D eigenvalue weighted by Crippen LogP contribution is 2.23. The van der Waals surface area contributed by atoms with E-state index in [1.54, 1.807) is 0 Å². The van der Waals surface area contributed by atoms with Crippen molar-refractivity contribution in [2.24, 2.45) is 5.92 Å². The van der Waals surface area contributed by atoms with Gasteiger partial charge in [-0.1, -0.05) is 20.8 Å². The molecule has 1 rings (SSSR count). The quantitative estimate of drug-likeness (QED) is 0.713. The molecule has 1 unspecified atom stereocenters. The minimum atomic E-state index is 0.286. The standard InChI is InChI=1S/C11H25N3/c1-5-12-11(4)7-10(3)8-14(9-11)13-6-2/h10,12-13H,5-9H2,1-4H3/t10-,11?/m0/s1. The van der Waals surface area contributed by atoms with Crippen LogP contribution in [0.15, 0.2) is 0 Å². The smallest absolute Gasteiger partial charge is 0.0311 e. The summed E-state index contributed by atoms with van der Waals surface area (Å²) in [6.07, 6.45) is 1.28. The van der Waals surface area contributed by atoms with Gasteiger partial charge in [0.15, 0.2) is 0 Å². The third kappa shape index (κ3) is 3.23. The minimum Gasteiger partial charge on any atom is -0.310 e. The first-order chi connectivity index (χ1) is 6.59. The highest BCUT2D eigenvalue weighted by molar-refractivity contribution is 4.91. The molecule has 0 spiro atoms. The van der Waals surface area contributed by atoms with Gasteiger partial charge in [-0.15, -0.1) is 0 Å². The van der Waals surface area contributed by atoms with Crippen LogP contribution in [0.25, 0.3) is 0 Å². The van der Waals surface area contributed by atoms with E-state index < -0.39 is 0 Å². The van der Waals surface area contributed by atoms with E-state index in [1.165, 1.54) is 13.0 Å². The molecule has 0 amide bonds. The molecule has 1 heterocycles. The maximum Gasteiger partial charge on any atom is 0.0311 e. The molecule has 0 aromatic heterocycles. The maximum absolute atomic E-state index is 3.60. The fourth-order valence-corrected chi connectivity index (χ4v) is 2.66. The summed E-state index contributed by atoms with van der Waals surface area (Å²) in [5.74, 6) is 0.770. The van der Waals surface area contributed by atoms with E-state index in [0.717, 1.165) is 25.6 Å². The Hall–Kier alpha value is -0.120. The summed E-state index contributed by atoms with van der Waals surface area (Å²) < 4.78 is 0. The molecule has 0 bridgehead atoms. The third-order valence-corrected chi connectivity index (χ3v) is 2.86. The van der Waals surface area contributed by atoms with Gasteiger partial charge >= 0.3 is 0 Å². The molecule has 3 heteroatoms. The number of hydrogen-bond donors (Lipinski definition) is 2. The second kappa shape index (κ2) is 5.10. The van der Waals surface area contributed by atoms with Crippen LogP contribution < -0.4 is 10.7 Å². The zero-order valence-electron chi connectivity index (χ0n) is 10.1. The lowest BCUT2D eigenvalue weighted by atomic mass is 9.85. The number of rotatable bonds is 4. The molecule has 1 fully saturated rings. The van der Waals surface area contributed by atoms with Crippen LogP contribution in [0.5, 0.6) is 0 Å². The van der Waals surface area contributed by atoms with E-state index >= 15 is 0 Å². The van der Waals surface area contributed by atoms with E-state index in [1.807, 2.05) is 0 Å². The molecule has 84 valence electrons. The van der Waals surface area contributed by atoms with Gasteiger partial charge in [0.05, 0.1) is 0 Å². The molecule has 1 aliphatic heterocycles. The van der Waals surface area contributed by atoms with Crippen LogP contribution in [0.3, 0.4) is 0 Å². The molecular formula is C11H25N3. The van der Waals surface area contributed by atoms with E-state index in [4.69, 9.17) is 0 Å². The first-order valence-electron chi connectivity index (χ1n) is 5.83. The number of hydrogen-bond acceptors (Lipinski definition) is 3. The van der Waals surface area contributed by atoms with Gasteiger partial charge in [0.1, 0.15) is 0 Å². The monoisotopic (exact) mass is 199 g/mol. The van der Waals surface area contributed by atoms with Gasteiger partial charge in [0.2, 0.25) is 0 Å². The summed E-state index contributed by atoms with van der Waals surface area (Å²) in [5.41, 5.74) is 3.71. The largest absolute Gasteiger partial charge is 0.310 e. The maximum atomic E-state index is 3.60. The zero-order valence-corrected chi connectivity index (χ0v) is 10.1. The molecule has 0 saturated carbocycles. The average Bonchev–Trinajstić information content (AvgIpc) is 2.02. The van der Waals surface area contributed by atoms with Crippen molar-refractivity contribution >= 4 is 0 Å². The van der Waals surface area contributed by atoms with Gasteiger partial charge in [-0.2, -0.15) is 0 Å². The highest BCUT2D eigenvalue weighted by atomic mass is 15.5. The van der Waals surface area contributed by atoms with Crippen molar-refractivity contribution in [2.45, 2.75) is 39.7 Å². The highest BCUT2D eigenvalue weighted by Gasteiger charge is 2.33. The Morgan fingerprint density at radius 3 is 2.64 bits per heavy atom. The summed E-state index contributed by atoms with van der Waals surface area (Å²) in [6, 6.07) is 0. The van der Waals surface area contributed by atoms with Crippen molar-refractivity contribution in [3.8, 4) is 0 Å². The van der Waals surface area contributed by atoms with Crippen molar-refractivity contribution in [3.63, 3.8) is 0 Å². The van der Waals surface area contributed by atoms with Crippen LogP contribution in [0.4, 0.5) is 0 Å². The fraction of sp³-hybridized carbons (Fsp3) is 1.00. The van der Waals surface area contributed by atoms with Crippen molar-refractivity contribution in [1.29, 1.82) is 0 Å². The molecule has 1 saturated heterocycles. The Labute approximate surface area is 88.2 Å². The Morgan fingerprint density at radius 2 is 2.07 bits per heavy atom. The Kier molecular flexibility index (Phi) is 4.35. The van der Waals surface area contributed by atoms with Gasteiger partial charge in [0, 0.05) is 25.2 Å². The predicted molar refractivity (Wildman–Crippen MR) is 61.1 cm³/mol. The van der Waals surface area contributed by atoms with E-state index in [2.05, 4.69) is 43.4 Å². The molecule has 3 nitrogen and oxygen atoms in total. The fourth-order valence-electron chi connectivity index (χ4n) is 2.66. The van der Waals surface area contributed by atoms with E-state index in [9.17, 15) is 0 Å². The Morgan fingerprint density at radius 1 is 1.36 bits per heavy atom. The van der Waals surface area contributed by atoms with E-state index in [-0.39, 0.29) is 5.54 Å². The molecule has 0 radical (unpaired) electrons. The summed E-state index contributed by atoms with van der Waals surface area (Å²) in [7, 11) is 0. The molecule has 0 aromatic rings. The normalized spacial score (nSPS) is 34.7. The average molecular weight is 199 g/mol. The van der Waals surface area contributed by atoms with Gasteiger partial charge in [0.25, 0.3) is 0 Å². The molecule has 14 heavy (non-hydrogen) atoms. The molecular weight excluding hydrogens is 174 g/mol. The Bertz CT molecular complexity index is 172. The molecule has 2 atom stereocenters. The van der Waals surface area contributed by atoms with Gasteiger partial charge in [-0.05, 0) is 25.8 Å². The topological polar surface area (TPSA) is 27.3 Å². The van der Waals surface area contributed by atoms with Crippen LogP contribution in [0.2, 0.25) is 0 Å². The molecule has 1 aliphatic rings. The van der Waals surface area contributed by atoms with Crippen molar-refractivity contribution < 1.29 is 0 Å². The minimum absolute atomic E-state index is 0.286. The number of piperidine rings is 1. The van der Waals surface area contributed by atoms with Crippen molar-refractivity contribution in [2.75, 3.05) is 26.2 Å². The number of nitrogens with zero attached hydrogens (tertiary/aromatic N) is 1.